The van der Waals surface area contributed by atoms with Crippen LogP contribution in [0, 0.1) is 0 Å². The van der Waals surface area contributed by atoms with Crippen molar-refractivity contribution in [2.75, 3.05) is 24.7 Å². The van der Waals surface area contributed by atoms with Crippen LogP contribution in [0.15, 0.2) is 29.2 Å². The Bertz CT molecular complexity index is 704. The fraction of sp³-hybridized carbons (Fsp3) is 0.611. The molecular formula is C18H26N2O3S2. The van der Waals surface area contributed by atoms with E-state index in [0.29, 0.717) is 36.9 Å². The smallest absolute Gasteiger partial charge is 0.245 e. The Morgan fingerprint density at radius 2 is 1.76 bits per heavy atom. The molecule has 5 nitrogen and oxygen atoms in total. The molecule has 0 atom stereocenters. The maximum absolute atomic E-state index is 12.8. The van der Waals surface area contributed by atoms with Gasteiger partial charge >= 0.3 is 0 Å². The summed E-state index contributed by atoms with van der Waals surface area (Å²) in [5.41, 5.74) is 0.655. The van der Waals surface area contributed by atoms with Gasteiger partial charge in [-0.25, -0.2) is 8.42 Å². The number of carbonyl (C=O) groups is 1. The van der Waals surface area contributed by atoms with Crippen LogP contribution in [0.4, 0.5) is 5.69 Å². The number of anilines is 1. The maximum Gasteiger partial charge on any atom is 0.245 e. The summed E-state index contributed by atoms with van der Waals surface area (Å²) in [5.74, 6) is -0.410. The fourth-order valence-corrected chi connectivity index (χ4v) is 6.24. The molecule has 1 aromatic rings. The van der Waals surface area contributed by atoms with E-state index in [1.54, 1.807) is 0 Å². The van der Waals surface area contributed by atoms with Crippen LogP contribution in [-0.2, 0) is 14.6 Å². The van der Waals surface area contributed by atoms with Gasteiger partial charge in [-0.15, -0.1) is 11.8 Å². The Balaban J connectivity index is 1.69. The lowest BCUT2D eigenvalue weighted by atomic mass is 9.95. The molecule has 1 saturated carbocycles. The molecule has 1 heterocycles. The van der Waals surface area contributed by atoms with Gasteiger partial charge in [0, 0.05) is 22.1 Å². The Labute approximate surface area is 154 Å². The van der Waals surface area contributed by atoms with Crippen LogP contribution in [0.1, 0.15) is 38.5 Å². The van der Waals surface area contributed by atoms with E-state index in [9.17, 15) is 13.2 Å². The number of nitrogens with one attached hydrogen (secondary N) is 2. The van der Waals surface area contributed by atoms with Gasteiger partial charge in [0.15, 0.2) is 14.6 Å². The first kappa shape index (κ1) is 18.7. The summed E-state index contributed by atoms with van der Waals surface area (Å²) >= 11 is 1.89. The molecule has 2 N–H and O–H groups in total. The van der Waals surface area contributed by atoms with Gasteiger partial charge in [0.2, 0.25) is 5.91 Å². The van der Waals surface area contributed by atoms with E-state index < -0.39 is 20.5 Å². The SMILES string of the molecule is CS(=O)(=O)C1(C(=O)Nc2ccc(SC3CCCC3)cc2)CCNCC1. The molecule has 7 heteroatoms. The summed E-state index contributed by atoms with van der Waals surface area (Å²) in [6.07, 6.45) is 6.96. The topological polar surface area (TPSA) is 75.3 Å². The molecule has 2 fully saturated rings. The molecule has 0 spiro atoms. The molecule has 0 bridgehead atoms. The summed E-state index contributed by atoms with van der Waals surface area (Å²) < 4.78 is 23.3. The summed E-state index contributed by atoms with van der Waals surface area (Å²) in [6.45, 7) is 1.08. The predicted octanol–water partition coefficient (Wildman–Crippen LogP) is 2.83. The number of thioether (sulfide) groups is 1. The highest BCUT2D eigenvalue weighted by Crippen LogP contribution is 2.35. The highest BCUT2D eigenvalue weighted by atomic mass is 32.2. The largest absolute Gasteiger partial charge is 0.325 e. The van der Waals surface area contributed by atoms with Crippen LogP contribution in [-0.4, -0.2) is 43.7 Å². The van der Waals surface area contributed by atoms with E-state index in [1.807, 2.05) is 36.0 Å². The van der Waals surface area contributed by atoms with Crippen LogP contribution >= 0.6 is 11.8 Å². The number of carbonyl (C=O) groups excluding carboxylic acids is 1. The van der Waals surface area contributed by atoms with Crippen LogP contribution in [0.3, 0.4) is 0 Å². The molecule has 2 aliphatic rings. The molecule has 1 saturated heterocycles. The minimum absolute atomic E-state index is 0.313. The number of benzene rings is 1. The summed E-state index contributed by atoms with van der Waals surface area (Å²) in [6, 6.07) is 7.75. The monoisotopic (exact) mass is 382 g/mol. The summed E-state index contributed by atoms with van der Waals surface area (Å²) in [4.78, 5) is 14.0. The summed E-state index contributed by atoms with van der Waals surface area (Å²) in [7, 11) is -3.49. The lowest BCUT2D eigenvalue weighted by molar-refractivity contribution is -0.119. The third kappa shape index (κ3) is 4.20. The molecule has 0 radical (unpaired) electrons. The van der Waals surface area contributed by atoms with Crippen molar-refractivity contribution in [1.29, 1.82) is 0 Å². The van der Waals surface area contributed by atoms with Crippen molar-refractivity contribution in [3.05, 3.63) is 24.3 Å². The van der Waals surface area contributed by atoms with Gasteiger partial charge in [-0.1, -0.05) is 12.8 Å². The van der Waals surface area contributed by atoms with Gasteiger partial charge in [0.05, 0.1) is 0 Å². The average molecular weight is 383 g/mol. The van der Waals surface area contributed by atoms with Crippen molar-refractivity contribution in [1.82, 2.24) is 5.32 Å². The molecule has 1 amide bonds. The average Bonchev–Trinajstić information content (AvgIpc) is 3.09. The zero-order chi connectivity index (χ0) is 17.9. The third-order valence-corrected chi connectivity index (χ3v) is 8.61. The molecule has 1 aromatic carbocycles. The number of hydrogen-bond acceptors (Lipinski definition) is 5. The predicted molar refractivity (Wildman–Crippen MR) is 103 cm³/mol. The van der Waals surface area contributed by atoms with Crippen molar-refractivity contribution in [2.45, 2.75) is 53.4 Å². The van der Waals surface area contributed by atoms with Crippen LogP contribution in [0.5, 0.6) is 0 Å². The molecule has 1 aliphatic carbocycles. The first-order valence-electron chi connectivity index (χ1n) is 8.89. The van der Waals surface area contributed by atoms with Crippen LogP contribution < -0.4 is 10.6 Å². The standard InChI is InChI=1S/C18H26N2O3S2/c1-25(22,23)18(10-12-19-13-11-18)17(21)20-14-6-8-16(9-7-14)24-15-4-2-3-5-15/h6-9,15,19H,2-5,10-13H2,1H3,(H,20,21). The van der Waals surface area contributed by atoms with Gasteiger partial charge in [-0.3, -0.25) is 4.79 Å². The Morgan fingerprint density at radius 1 is 1.16 bits per heavy atom. The molecule has 25 heavy (non-hydrogen) atoms. The maximum atomic E-state index is 12.8. The Hall–Kier alpha value is -1.05. The lowest BCUT2D eigenvalue weighted by Gasteiger charge is -2.34. The molecule has 0 unspecified atom stereocenters. The van der Waals surface area contributed by atoms with E-state index in [1.165, 1.54) is 36.8 Å². The highest BCUT2D eigenvalue weighted by Gasteiger charge is 2.48. The molecule has 0 aromatic heterocycles. The van der Waals surface area contributed by atoms with E-state index >= 15 is 0 Å². The Kier molecular flexibility index (Phi) is 5.75. The van der Waals surface area contributed by atoms with Gasteiger partial charge in [-0.05, 0) is 63.0 Å². The molecule has 138 valence electrons. The second-order valence-corrected chi connectivity index (χ2v) is 10.7. The molecule has 1 aliphatic heterocycles. The Morgan fingerprint density at radius 3 is 2.32 bits per heavy atom. The van der Waals surface area contributed by atoms with Crippen molar-refractivity contribution < 1.29 is 13.2 Å². The normalized spacial score (nSPS) is 21.2. The van der Waals surface area contributed by atoms with Gasteiger partial charge in [-0.2, -0.15) is 0 Å². The molecular weight excluding hydrogens is 356 g/mol. The van der Waals surface area contributed by atoms with E-state index in [2.05, 4.69) is 10.6 Å². The van der Waals surface area contributed by atoms with Gasteiger partial charge in [0.25, 0.3) is 0 Å². The minimum Gasteiger partial charge on any atom is -0.325 e. The van der Waals surface area contributed by atoms with Crippen molar-refractivity contribution in [3.63, 3.8) is 0 Å². The van der Waals surface area contributed by atoms with Gasteiger partial charge < -0.3 is 10.6 Å². The number of amides is 1. The van der Waals surface area contributed by atoms with E-state index in [0.717, 1.165) is 0 Å². The third-order valence-electron chi connectivity index (χ3n) is 5.25. The lowest BCUT2D eigenvalue weighted by Crippen LogP contribution is -2.55. The van der Waals surface area contributed by atoms with E-state index in [4.69, 9.17) is 0 Å². The second-order valence-electron chi connectivity index (χ2n) is 7.02. The number of sulfone groups is 1. The highest BCUT2D eigenvalue weighted by molar-refractivity contribution is 8.00. The van der Waals surface area contributed by atoms with Crippen molar-refractivity contribution in [2.24, 2.45) is 0 Å². The van der Waals surface area contributed by atoms with E-state index in [-0.39, 0.29) is 0 Å². The number of rotatable bonds is 5. The zero-order valence-corrected chi connectivity index (χ0v) is 16.2. The first-order valence-corrected chi connectivity index (χ1v) is 11.7. The van der Waals surface area contributed by atoms with Crippen molar-refractivity contribution in [3.8, 4) is 0 Å². The first-order chi connectivity index (χ1) is 11.9. The summed E-state index contributed by atoms with van der Waals surface area (Å²) in [5, 5.41) is 6.65. The van der Waals surface area contributed by atoms with Gasteiger partial charge in [0.1, 0.15) is 0 Å². The van der Waals surface area contributed by atoms with Crippen LogP contribution in [0.2, 0.25) is 0 Å². The fourth-order valence-electron chi connectivity index (χ4n) is 3.66. The minimum atomic E-state index is -3.49. The number of piperidine rings is 1. The van der Waals surface area contributed by atoms with Crippen LogP contribution in [0.25, 0.3) is 0 Å². The quantitative estimate of drug-likeness (QED) is 0.819. The molecule has 3 rings (SSSR count). The number of hydrogen-bond donors (Lipinski definition) is 2. The van der Waals surface area contributed by atoms with Crippen molar-refractivity contribution >= 4 is 33.2 Å². The second kappa shape index (κ2) is 7.68. The zero-order valence-electron chi connectivity index (χ0n) is 14.6.